The lowest BCUT2D eigenvalue weighted by molar-refractivity contribution is -0.119. The lowest BCUT2D eigenvalue weighted by Gasteiger charge is -2.24. The van der Waals surface area contributed by atoms with E-state index in [2.05, 4.69) is 17.1 Å². The third-order valence-electron chi connectivity index (χ3n) is 4.89. The van der Waals surface area contributed by atoms with E-state index in [4.69, 9.17) is 9.47 Å². The summed E-state index contributed by atoms with van der Waals surface area (Å²) in [4.78, 5) is 12.8. The SMILES string of the molecule is C=CCOc1ccc(/C=N\NC(=O)CN(c2cccc(OC)c2)S(=O)(=O)c2ccc(C)cc2)cc1. The predicted octanol–water partition coefficient (Wildman–Crippen LogP) is 3.91. The van der Waals surface area contributed by atoms with E-state index in [1.165, 1.54) is 25.5 Å². The minimum atomic E-state index is -4.04. The Hall–Kier alpha value is -4.11. The summed E-state index contributed by atoms with van der Waals surface area (Å²) in [6.45, 7) is 5.39. The fourth-order valence-electron chi connectivity index (χ4n) is 3.07. The van der Waals surface area contributed by atoms with E-state index < -0.39 is 22.5 Å². The average Bonchev–Trinajstić information content (AvgIpc) is 2.87. The van der Waals surface area contributed by atoms with Crippen molar-refractivity contribution in [1.29, 1.82) is 0 Å². The van der Waals surface area contributed by atoms with Crippen molar-refractivity contribution < 1.29 is 22.7 Å². The van der Waals surface area contributed by atoms with Crippen LogP contribution in [0.25, 0.3) is 0 Å². The van der Waals surface area contributed by atoms with Gasteiger partial charge in [0.25, 0.3) is 15.9 Å². The van der Waals surface area contributed by atoms with Gasteiger partial charge in [-0.3, -0.25) is 9.10 Å². The number of nitrogens with one attached hydrogen (secondary N) is 1. The first-order chi connectivity index (χ1) is 16.8. The van der Waals surface area contributed by atoms with Crippen LogP contribution in [-0.4, -0.2) is 40.8 Å². The van der Waals surface area contributed by atoms with Gasteiger partial charge in [0.15, 0.2) is 0 Å². The molecule has 35 heavy (non-hydrogen) atoms. The lowest BCUT2D eigenvalue weighted by atomic mass is 10.2. The molecule has 1 N–H and O–H groups in total. The maximum absolute atomic E-state index is 13.4. The van der Waals surface area contributed by atoms with Crippen LogP contribution in [-0.2, 0) is 14.8 Å². The molecule has 3 aromatic rings. The molecular formula is C26H27N3O5S. The number of methoxy groups -OCH3 is 1. The Bertz CT molecular complexity index is 1290. The van der Waals surface area contributed by atoms with Gasteiger partial charge >= 0.3 is 0 Å². The van der Waals surface area contributed by atoms with Crippen molar-refractivity contribution in [3.8, 4) is 11.5 Å². The predicted molar refractivity (Wildman–Crippen MR) is 137 cm³/mol. The highest BCUT2D eigenvalue weighted by molar-refractivity contribution is 7.92. The number of anilines is 1. The van der Waals surface area contributed by atoms with E-state index in [1.54, 1.807) is 66.7 Å². The molecule has 8 nitrogen and oxygen atoms in total. The van der Waals surface area contributed by atoms with Crippen LogP contribution < -0.4 is 19.2 Å². The number of aryl methyl sites for hydroxylation is 1. The van der Waals surface area contributed by atoms with Gasteiger partial charge in [-0.1, -0.05) is 36.4 Å². The molecule has 0 unspecified atom stereocenters. The van der Waals surface area contributed by atoms with Gasteiger partial charge in [-0.2, -0.15) is 5.10 Å². The molecule has 0 saturated heterocycles. The monoisotopic (exact) mass is 493 g/mol. The second-order valence-electron chi connectivity index (χ2n) is 7.49. The van der Waals surface area contributed by atoms with Crippen molar-refractivity contribution >= 4 is 27.8 Å². The van der Waals surface area contributed by atoms with Crippen LogP contribution in [0.4, 0.5) is 5.69 Å². The fraction of sp³-hybridized carbons (Fsp3) is 0.154. The molecule has 0 aliphatic rings. The van der Waals surface area contributed by atoms with Crippen LogP contribution >= 0.6 is 0 Å². The first-order valence-corrected chi connectivity index (χ1v) is 12.2. The minimum Gasteiger partial charge on any atom is -0.497 e. The number of benzene rings is 3. The molecule has 0 radical (unpaired) electrons. The second kappa shape index (κ2) is 11.8. The van der Waals surface area contributed by atoms with Crippen molar-refractivity contribution in [2.45, 2.75) is 11.8 Å². The van der Waals surface area contributed by atoms with E-state index in [0.717, 1.165) is 15.4 Å². The third kappa shape index (κ3) is 6.94. The van der Waals surface area contributed by atoms with E-state index in [0.29, 0.717) is 23.8 Å². The summed E-state index contributed by atoms with van der Waals surface area (Å²) < 4.78 is 38.5. The lowest BCUT2D eigenvalue weighted by Crippen LogP contribution is -2.39. The van der Waals surface area contributed by atoms with Gasteiger partial charge in [-0.05, 0) is 61.0 Å². The number of nitrogens with zero attached hydrogens (tertiary/aromatic N) is 2. The van der Waals surface area contributed by atoms with E-state index >= 15 is 0 Å². The molecule has 0 atom stereocenters. The number of rotatable bonds is 11. The number of carbonyl (C=O) groups excluding carboxylic acids is 1. The molecule has 3 rings (SSSR count). The van der Waals surface area contributed by atoms with Gasteiger partial charge in [-0.15, -0.1) is 0 Å². The summed E-state index contributed by atoms with van der Waals surface area (Å²) in [7, 11) is -2.55. The van der Waals surface area contributed by atoms with Gasteiger partial charge < -0.3 is 9.47 Å². The number of hydrogen-bond acceptors (Lipinski definition) is 6. The second-order valence-corrected chi connectivity index (χ2v) is 9.35. The van der Waals surface area contributed by atoms with Gasteiger partial charge in [0.2, 0.25) is 0 Å². The molecule has 0 aliphatic heterocycles. The maximum atomic E-state index is 13.4. The number of hydrogen-bond donors (Lipinski definition) is 1. The Labute approximate surface area is 205 Å². The zero-order valence-electron chi connectivity index (χ0n) is 19.5. The van der Waals surface area contributed by atoms with Crippen LogP contribution in [0.3, 0.4) is 0 Å². The molecule has 0 aliphatic carbocycles. The first-order valence-electron chi connectivity index (χ1n) is 10.7. The molecule has 0 bridgehead atoms. The van der Waals surface area contributed by atoms with Crippen LogP contribution in [0, 0.1) is 6.92 Å². The largest absolute Gasteiger partial charge is 0.497 e. The topological polar surface area (TPSA) is 97.3 Å². The highest BCUT2D eigenvalue weighted by Gasteiger charge is 2.27. The van der Waals surface area contributed by atoms with Crippen molar-refractivity contribution in [3.05, 3.63) is 96.6 Å². The van der Waals surface area contributed by atoms with Gasteiger partial charge in [0.1, 0.15) is 24.7 Å². The van der Waals surface area contributed by atoms with Crippen molar-refractivity contribution in [3.63, 3.8) is 0 Å². The van der Waals surface area contributed by atoms with Crippen molar-refractivity contribution in [2.24, 2.45) is 5.10 Å². The zero-order chi connectivity index (χ0) is 25.3. The smallest absolute Gasteiger partial charge is 0.264 e. The average molecular weight is 494 g/mol. The molecule has 182 valence electrons. The molecule has 0 aromatic heterocycles. The third-order valence-corrected chi connectivity index (χ3v) is 6.68. The van der Waals surface area contributed by atoms with Crippen molar-refractivity contribution in [2.75, 3.05) is 24.6 Å². The summed E-state index contributed by atoms with van der Waals surface area (Å²) in [6, 6.07) is 20.0. The van der Waals surface area contributed by atoms with Gasteiger partial charge in [0.05, 0.1) is 23.9 Å². The molecule has 0 saturated carbocycles. The number of hydrazone groups is 1. The highest BCUT2D eigenvalue weighted by Crippen LogP contribution is 2.27. The molecule has 0 fully saturated rings. The Morgan fingerprint density at radius 1 is 1.06 bits per heavy atom. The quantitative estimate of drug-likeness (QED) is 0.248. The fourth-order valence-corrected chi connectivity index (χ4v) is 4.48. The Balaban J connectivity index is 1.78. The van der Waals surface area contributed by atoms with Crippen LogP contribution in [0.5, 0.6) is 11.5 Å². The van der Waals surface area contributed by atoms with Gasteiger partial charge in [-0.25, -0.2) is 13.8 Å². The zero-order valence-corrected chi connectivity index (χ0v) is 20.4. The maximum Gasteiger partial charge on any atom is 0.264 e. The normalized spacial score (nSPS) is 11.1. The van der Waals surface area contributed by atoms with Gasteiger partial charge in [0, 0.05) is 6.07 Å². The number of ether oxygens (including phenoxy) is 2. The summed E-state index contributed by atoms with van der Waals surface area (Å²) in [6.07, 6.45) is 3.11. The highest BCUT2D eigenvalue weighted by atomic mass is 32.2. The van der Waals surface area contributed by atoms with Crippen LogP contribution in [0.1, 0.15) is 11.1 Å². The molecular weight excluding hydrogens is 466 g/mol. The standard InChI is InChI=1S/C26H27N3O5S/c1-4-16-34-23-12-10-21(11-13-23)18-27-28-26(30)19-29(22-6-5-7-24(17-22)33-3)35(31,32)25-14-8-20(2)9-15-25/h4-15,17-18H,1,16,19H2,2-3H3,(H,28,30)/b27-18-. The summed E-state index contributed by atoms with van der Waals surface area (Å²) in [5, 5.41) is 3.95. The van der Waals surface area contributed by atoms with E-state index in [1.807, 2.05) is 6.92 Å². The minimum absolute atomic E-state index is 0.0704. The summed E-state index contributed by atoms with van der Waals surface area (Å²) in [5.74, 6) is 0.539. The van der Waals surface area contributed by atoms with Crippen LogP contribution in [0.15, 0.2) is 95.4 Å². The Morgan fingerprint density at radius 3 is 2.43 bits per heavy atom. The summed E-state index contributed by atoms with van der Waals surface area (Å²) >= 11 is 0. The number of carbonyl (C=O) groups is 1. The number of sulfonamides is 1. The molecule has 1 amide bonds. The number of amides is 1. The van der Waals surface area contributed by atoms with E-state index in [-0.39, 0.29) is 4.90 Å². The molecule has 0 heterocycles. The molecule has 0 spiro atoms. The first kappa shape index (κ1) is 25.5. The Morgan fingerprint density at radius 2 is 1.77 bits per heavy atom. The molecule has 3 aromatic carbocycles. The van der Waals surface area contributed by atoms with Crippen molar-refractivity contribution in [1.82, 2.24) is 5.43 Å². The Kier molecular flexibility index (Phi) is 8.63. The van der Waals surface area contributed by atoms with E-state index in [9.17, 15) is 13.2 Å². The summed E-state index contributed by atoms with van der Waals surface area (Å²) in [5.41, 5.74) is 4.33. The van der Waals surface area contributed by atoms with Crippen LogP contribution in [0.2, 0.25) is 0 Å². The molecule has 9 heteroatoms.